The van der Waals surface area contributed by atoms with Crippen LogP contribution in [-0.2, 0) is 30.5 Å². The van der Waals surface area contributed by atoms with Crippen LogP contribution in [0.5, 0.6) is 11.5 Å². The molecule has 3 N–H and O–H groups in total. The Labute approximate surface area is 360 Å². The number of para-hydroxylation sites is 1. The summed E-state index contributed by atoms with van der Waals surface area (Å²) >= 11 is 0. The SMILES string of the molecule is COc1ccc(OC)c(P(C2CCCCC2)C2CCCCC2)c1-c1c(C(C)C)cc(C(C)C)cc1C(C)C.CS(=O)(=O)O.Nc1ccccc1-c1ccccc1.[Pd]. The number of nitrogen functional groups attached to an aromatic ring is 1. The van der Waals surface area contributed by atoms with Gasteiger partial charge in [-0.15, -0.1) is 0 Å². The van der Waals surface area contributed by atoms with Gasteiger partial charge in [0.25, 0.3) is 10.1 Å². The first-order valence-corrected chi connectivity index (χ1v) is 24.0. The van der Waals surface area contributed by atoms with E-state index in [1.54, 1.807) is 0 Å². The maximum atomic E-state index is 9.19. The predicted octanol–water partition coefficient (Wildman–Crippen LogP) is 13.0. The van der Waals surface area contributed by atoms with Crippen LogP contribution in [0.2, 0.25) is 0 Å². The molecular weight excluding hydrogens is 840 g/mol. The van der Waals surface area contributed by atoms with E-state index in [-0.39, 0.29) is 28.3 Å². The molecular formula is C48H68NO5PPdS. The van der Waals surface area contributed by atoms with Crippen LogP contribution in [-0.4, -0.2) is 44.8 Å². The fourth-order valence-electron chi connectivity index (χ4n) is 8.39. The van der Waals surface area contributed by atoms with Gasteiger partial charge in [-0.1, -0.05) is 149 Å². The summed E-state index contributed by atoms with van der Waals surface area (Å²) in [6, 6.07) is 27.4. The molecule has 0 amide bonds. The van der Waals surface area contributed by atoms with Gasteiger partial charge in [-0.25, -0.2) is 0 Å². The summed E-state index contributed by atoms with van der Waals surface area (Å²) in [6.07, 6.45) is 14.6. The first-order chi connectivity index (χ1) is 26.7. The Morgan fingerprint density at radius 1 is 0.649 bits per heavy atom. The fraction of sp³-hybridized carbons (Fsp3) is 0.500. The van der Waals surface area contributed by atoms with Crippen molar-refractivity contribution in [3.05, 3.63) is 95.6 Å². The summed E-state index contributed by atoms with van der Waals surface area (Å²) in [6.45, 7) is 14.1. The molecule has 0 saturated heterocycles. The average molecular weight is 909 g/mol. The zero-order valence-electron chi connectivity index (χ0n) is 35.8. The standard InChI is InChI=1S/C35H53O2P.C12H11N.CH4O3S.Pd/c1-23(2)26-21-29(24(3)4)33(30(22-26)25(5)6)34-31(36-7)19-20-32(37-8)35(34)38(27-15-11-9-12-16-27)28-17-13-10-14-18-28;13-12-9-5-4-8-11(12)10-6-2-1-3-7-10;1-5(2,3)4;/h19-25,27-28H,9-18H2,1-8H3;1-9H,13H2;1H3,(H,2,3,4);. The van der Waals surface area contributed by atoms with Gasteiger partial charge in [-0.05, 0) is 101 Å². The Hall–Kier alpha value is -2.72. The number of nitrogens with two attached hydrogens (primary N) is 1. The van der Waals surface area contributed by atoms with Crippen LogP contribution >= 0.6 is 7.92 Å². The van der Waals surface area contributed by atoms with E-state index in [0.29, 0.717) is 24.0 Å². The fourth-order valence-corrected chi connectivity index (χ4v) is 12.5. The van der Waals surface area contributed by atoms with Crippen LogP contribution in [0.4, 0.5) is 5.69 Å². The van der Waals surface area contributed by atoms with Crippen molar-refractivity contribution in [1.82, 2.24) is 0 Å². The zero-order chi connectivity index (χ0) is 41.0. The third-order valence-electron chi connectivity index (χ3n) is 11.2. The molecule has 0 bridgehead atoms. The molecule has 0 spiro atoms. The first kappa shape index (κ1) is 48.6. The van der Waals surface area contributed by atoms with Gasteiger partial charge >= 0.3 is 0 Å². The van der Waals surface area contributed by atoms with E-state index in [2.05, 4.69) is 77.9 Å². The van der Waals surface area contributed by atoms with Crippen LogP contribution in [0.15, 0.2) is 78.9 Å². The molecule has 6 rings (SSSR count). The van der Waals surface area contributed by atoms with E-state index in [1.807, 2.05) is 56.7 Å². The molecule has 2 aliphatic carbocycles. The molecule has 4 aromatic carbocycles. The largest absolute Gasteiger partial charge is 0.496 e. The molecule has 0 radical (unpaired) electrons. The molecule has 2 fully saturated rings. The van der Waals surface area contributed by atoms with Gasteiger partial charge in [0.1, 0.15) is 11.5 Å². The van der Waals surface area contributed by atoms with Crippen LogP contribution in [0.3, 0.4) is 0 Å². The smallest absolute Gasteiger partial charge is 0.261 e. The first-order valence-electron chi connectivity index (χ1n) is 20.7. The van der Waals surface area contributed by atoms with Gasteiger partial charge in [0, 0.05) is 42.5 Å². The summed E-state index contributed by atoms with van der Waals surface area (Å²) in [7, 11) is -0.286. The number of rotatable bonds is 10. The number of methoxy groups -OCH3 is 2. The summed E-state index contributed by atoms with van der Waals surface area (Å²) < 4.78 is 38.4. The van der Waals surface area contributed by atoms with E-state index >= 15 is 0 Å². The molecule has 2 aliphatic rings. The van der Waals surface area contributed by atoms with Crippen LogP contribution in [0.25, 0.3) is 22.3 Å². The molecule has 0 heterocycles. The Kier molecular flexibility index (Phi) is 19.8. The normalized spacial score (nSPS) is 15.1. The molecule has 0 aromatic heterocycles. The maximum absolute atomic E-state index is 9.19. The summed E-state index contributed by atoms with van der Waals surface area (Å²) in [5, 5.41) is 1.52. The van der Waals surface area contributed by atoms with Gasteiger partial charge < -0.3 is 15.2 Å². The second-order valence-electron chi connectivity index (χ2n) is 16.4. The molecule has 0 atom stereocenters. The number of benzene rings is 4. The van der Waals surface area contributed by atoms with Gasteiger partial charge in [0.05, 0.1) is 20.5 Å². The van der Waals surface area contributed by atoms with Crippen molar-refractivity contribution < 1.29 is 42.9 Å². The van der Waals surface area contributed by atoms with Crippen molar-refractivity contribution in [2.45, 2.75) is 135 Å². The van der Waals surface area contributed by atoms with E-state index in [9.17, 15) is 8.42 Å². The van der Waals surface area contributed by atoms with E-state index in [1.165, 1.54) is 103 Å². The molecule has 316 valence electrons. The molecule has 57 heavy (non-hydrogen) atoms. The third kappa shape index (κ3) is 13.7. The Balaban J connectivity index is 0.000000377. The molecule has 6 nitrogen and oxygen atoms in total. The molecule has 9 heteroatoms. The summed E-state index contributed by atoms with van der Waals surface area (Å²) in [5.74, 6) is 3.50. The van der Waals surface area contributed by atoms with Crippen molar-refractivity contribution in [1.29, 1.82) is 0 Å². The minimum Gasteiger partial charge on any atom is -0.496 e. The third-order valence-corrected chi connectivity index (χ3v) is 14.7. The zero-order valence-corrected chi connectivity index (χ0v) is 39.1. The molecule has 2 saturated carbocycles. The van der Waals surface area contributed by atoms with Crippen molar-refractivity contribution in [2.75, 3.05) is 26.2 Å². The summed E-state index contributed by atoms with van der Waals surface area (Å²) in [4.78, 5) is 0. The topological polar surface area (TPSA) is 98.8 Å². The van der Waals surface area contributed by atoms with Crippen molar-refractivity contribution in [3.8, 4) is 33.8 Å². The van der Waals surface area contributed by atoms with Gasteiger partial charge in [0.15, 0.2) is 0 Å². The maximum Gasteiger partial charge on any atom is 0.261 e. The second kappa shape index (κ2) is 23.2. The minimum absolute atomic E-state index is 0. The summed E-state index contributed by atoms with van der Waals surface area (Å²) in [5.41, 5.74) is 17.7. The van der Waals surface area contributed by atoms with E-state index < -0.39 is 10.1 Å². The monoisotopic (exact) mass is 907 g/mol. The number of hydrogen-bond acceptors (Lipinski definition) is 5. The number of anilines is 1. The minimum atomic E-state index is -3.67. The van der Waals surface area contributed by atoms with Crippen LogP contribution in [0.1, 0.15) is 140 Å². The molecule has 0 unspecified atom stereocenters. The molecule has 0 aliphatic heterocycles. The Bertz CT molecular complexity index is 1880. The Morgan fingerprint density at radius 2 is 1.09 bits per heavy atom. The van der Waals surface area contributed by atoms with Crippen LogP contribution in [0, 0.1) is 0 Å². The van der Waals surface area contributed by atoms with Gasteiger partial charge in [-0.2, -0.15) is 8.42 Å². The molecule has 4 aromatic rings. The van der Waals surface area contributed by atoms with Crippen LogP contribution < -0.4 is 20.5 Å². The van der Waals surface area contributed by atoms with E-state index in [4.69, 9.17) is 19.8 Å². The second-order valence-corrected chi connectivity index (χ2v) is 20.6. The predicted molar refractivity (Wildman–Crippen MR) is 241 cm³/mol. The van der Waals surface area contributed by atoms with Gasteiger partial charge in [0.2, 0.25) is 0 Å². The van der Waals surface area contributed by atoms with Crippen molar-refractivity contribution >= 4 is 29.0 Å². The van der Waals surface area contributed by atoms with Crippen molar-refractivity contribution in [3.63, 3.8) is 0 Å². The average Bonchev–Trinajstić information content (AvgIpc) is 3.18. The number of hydrogen-bond donors (Lipinski definition) is 2. The van der Waals surface area contributed by atoms with Gasteiger partial charge in [-0.3, -0.25) is 4.55 Å². The Morgan fingerprint density at radius 3 is 1.51 bits per heavy atom. The quantitative estimate of drug-likeness (QED) is 0.0712. The van der Waals surface area contributed by atoms with E-state index in [0.717, 1.165) is 34.1 Å². The van der Waals surface area contributed by atoms with Crippen molar-refractivity contribution in [2.24, 2.45) is 0 Å². The number of ether oxygens (including phenoxy) is 2.